The van der Waals surface area contributed by atoms with Gasteiger partial charge in [-0.3, -0.25) is 9.78 Å². The van der Waals surface area contributed by atoms with Crippen LogP contribution in [0.1, 0.15) is 51.0 Å². The first-order valence-electron chi connectivity index (χ1n) is 12.1. The Kier molecular flexibility index (Phi) is 7.96. The Labute approximate surface area is 216 Å². The van der Waals surface area contributed by atoms with Gasteiger partial charge in [0.05, 0.1) is 11.6 Å². The van der Waals surface area contributed by atoms with Crippen LogP contribution in [0.2, 0.25) is 5.02 Å². The summed E-state index contributed by atoms with van der Waals surface area (Å²) in [7, 11) is 0. The minimum Gasteiger partial charge on any atom is -0.478 e. The number of nitrogens with one attached hydrogen (secondary N) is 1. The molecular weight excluding hydrogens is 509 g/mol. The molecule has 2 heterocycles. The first-order chi connectivity index (χ1) is 17.6. The maximum Gasteiger partial charge on any atom is 0.401 e. The minimum absolute atomic E-state index is 0.103. The highest BCUT2D eigenvalue weighted by molar-refractivity contribution is 6.33. The molecule has 0 aliphatic heterocycles. The second kappa shape index (κ2) is 11.0. The SMILES string of the molecule is CCOc1ccc(-c2nc(-c3cc(CCC(=O)C4(C(F)(F)F)CCCCC4)ccc3Cl)[nH]c(=O)n2)cn1. The number of ether oxygens (including phenoxy) is 1. The highest BCUT2D eigenvalue weighted by atomic mass is 35.5. The number of benzene rings is 1. The number of halogens is 4. The van der Waals surface area contributed by atoms with Crippen molar-refractivity contribution in [2.75, 3.05) is 6.61 Å². The van der Waals surface area contributed by atoms with Gasteiger partial charge in [0.2, 0.25) is 5.88 Å². The van der Waals surface area contributed by atoms with Crippen molar-refractivity contribution in [2.45, 2.75) is 58.0 Å². The largest absolute Gasteiger partial charge is 0.478 e. The number of carbonyl (C=O) groups excluding carboxylic acids is 1. The number of hydrogen-bond donors (Lipinski definition) is 1. The second-order valence-corrected chi connectivity index (χ2v) is 9.43. The van der Waals surface area contributed by atoms with Crippen LogP contribution in [-0.4, -0.2) is 38.5 Å². The van der Waals surface area contributed by atoms with Gasteiger partial charge in [0.25, 0.3) is 0 Å². The van der Waals surface area contributed by atoms with Crippen LogP contribution in [0.3, 0.4) is 0 Å². The quantitative estimate of drug-likeness (QED) is 0.383. The molecule has 4 rings (SSSR count). The topological polar surface area (TPSA) is 97.8 Å². The number of rotatable bonds is 8. The fourth-order valence-electron chi connectivity index (χ4n) is 4.67. The van der Waals surface area contributed by atoms with E-state index in [0.29, 0.717) is 48.4 Å². The molecule has 1 aliphatic carbocycles. The maximum atomic E-state index is 13.9. The Morgan fingerprint density at radius 1 is 1.14 bits per heavy atom. The molecule has 11 heteroatoms. The third kappa shape index (κ3) is 5.84. The molecule has 7 nitrogen and oxygen atoms in total. The van der Waals surface area contributed by atoms with Crippen LogP contribution >= 0.6 is 11.6 Å². The molecule has 0 radical (unpaired) electrons. The number of hydrogen-bond acceptors (Lipinski definition) is 6. The molecule has 0 unspecified atom stereocenters. The number of aromatic nitrogens is 4. The van der Waals surface area contributed by atoms with Gasteiger partial charge in [-0.15, -0.1) is 0 Å². The third-order valence-electron chi connectivity index (χ3n) is 6.65. The number of nitrogens with zero attached hydrogens (tertiary/aromatic N) is 3. The van der Waals surface area contributed by atoms with Gasteiger partial charge in [-0.2, -0.15) is 18.2 Å². The number of H-pyrrole nitrogens is 1. The van der Waals surface area contributed by atoms with Gasteiger partial charge < -0.3 is 4.74 Å². The van der Waals surface area contributed by atoms with Crippen LogP contribution in [0.4, 0.5) is 13.2 Å². The molecule has 0 bridgehead atoms. The number of carbonyl (C=O) groups is 1. The van der Waals surface area contributed by atoms with Crippen molar-refractivity contribution in [3.05, 3.63) is 57.6 Å². The molecule has 3 aromatic rings. The summed E-state index contributed by atoms with van der Waals surface area (Å²) >= 11 is 6.38. The first-order valence-corrected chi connectivity index (χ1v) is 12.5. The predicted octanol–water partition coefficient (Wildman–Crippen LogP) is 5.96. The molecule has 0 saturated heterocycles. The van der Waals surface area contributed by atoms with Crippen molar-refractivity contribution in [3.63, 3.8) is 0 Å². The summed E-state index contributed by atoms with van der Waals surface area (Å²) in [5.41, 5.74) is -1.47. The molecule has 1 aliphatic rings. The summed E-state index contributed by atoms with van der Waals surface area (Å²) in [5, 5.41) is 0.277. The van der Waals surface area contributed by atoms with Gasteiger partial charge in [-0.05, 0) is 49.9 Å². The summed E-state index contributed by atoms with van der Waals surface area (Å²) in [5.74, 6) is -0.101. The van der Waals surface area contributed by atoms with Gasteiger partial charge in [-0.25, -0.2) is 14.8 Å². The van der Waals surface area contributed by atoms with E-state index in [4.69, 9.17) is 16.3 Å². The number of aromatic amines is 1. The van der Waals surface area contributed by atoms with Crippen molar-refractivity contribution < 1.29 is 22.7 Å². The Hall–Kier alpha value is -3.27. The Morgan fingerprint density at radius 2 is 1.89 bits per heavy atom. The van der Waals surface area contributed by atoms with Gasteiger partial charge in [0.1, 0.15) is 17.0 Å². The van der Waals surface area contributed by atoms with Crippen molar-refractivity contribution in [1.82, 2.24) is 19.9 Å². The highest BCUT2D eigenvalue weighted by Crippen LogP contribution is 2.50. The average Bonchev–Trinajstić information content (AvgIpc) is 2.88. The fraction of sp³-hybridized carbons (Fsp3) is 0.423. The lowest BCUT2D eigenvalue weighted by Crippen LogP contribution is -2.46. The Balaban J connectivity index is 1.58. The van der Waals surface area contributed by atoms with Crippen molar-refractivity contribution in [3.8, 4) is 28.7 Å². The molecule has 1 aromatic carbocycles. The lowest BCUT2D eigenvalue weighted by molar-refractivity contribution is -0.228. The predicted molar refractivity (Wildman–Crippen MR) is 132 cm³/mol. The highest BCUT2D eigenvalue weighted by Gasteiger charge is 2.58. The zero-order chi connectivity index (χ0) is 26.6. The molecule has 0 atom stereocenters. The summed E-state index contributed by atoms with van der Waals surface area (Å²) in [6.45, 7) is 2.29. The molecular formula is C26H26ClF3N4O3. The van der Waals surface area contributed by atoms with E-state index in [-0.39, 0.29) is 42.4 Å². The van der Waals surface area contributed by atoms with Crippen LogP contribution in [0.5, 0.6) is 5.88 Å². The zero-order valence-corrected chi connectivity index (χ0v) is 21.0. The third-order valence-corrected chi connectivity index (χ3v) is 6.98. The van der Waals surface area contributed by atoms with Crippen LogP contribution in [0.25, 0.3) is 22.8 Å². The van der Waals surface area contributed by atoms with Crippen LogP contribution in [-0.2, 0) is 11.2 Å². The van der Waals surface area contributed by atoms with E-state index in [1.807, 2.05) is 6.92 Å². The van der Waals surface area contributed by atoms with Gasteiger partial charge in [0.15, 0.2) is 5.82 Å². The van der Waals surface area contributed by atoms with Crippen molar-refractivity contribution in [2.24, 2.45) is 5.41 Å². The van der Waals surface area contributed by atoms with Crippen LogP contribution in [0, 0.1) is 5.41 Å². The summed E-state index contributed by atoms with van der Waals surface area (Å²) < 4.78 is 47.0. The number of alkyl halides is 3. The number of Topliss-reactive ketones (excluding diaryl/α,β-unsaturated/α-hetero) is 1. The number of aryl methyl sites for hydroxylation is 1. The van der Waals surface area contributed by atoms with E-state index in [2.05, 4.69) is 19.9 Å². The summed E-state index contributed by atoms with van der Waals surface area (Å²) in [6, 6.07) is 8.14. The smallest absolute Gasteiger partial charge is 0.401 e. The summed E-state index contributed by atoms with van der Waals surface area (Å²) in [4.78, 5) is 40.2. The van der Waals surface area contributed by atoms with E-state index in [1.54, 1.807) is 30.3 Å². The Bertz CT molecular complexity index is 1320. The van der Waals surface area contributed by atoms with Gasteiger partial charge in [0, 0.05) is 29.8 Å². The van der Waals surface area contributed by atoms with Gasteiger partial charge >= 0.3 is 11.9 Å². The maximum absolute atomic E-state index is 13.9. The lowest BCUT2D eigenvalue weighted by atomic mass is 9.69. The molecule has 1 N–H and O–H groups in total. The minimum atomic E-state index is -4.57. The molecule has 2 aromatic heterocycles. The van der Waals surface area contributed by atoms with Crippen LogP contribution in [0.15, 0.2) is 41.3 Å². The molecule has 1 saturated carbocycles. The normalized spacial score (nSPS) is 15.4. The number of pyridine rings is 1. The number of ketones is 1. The summed E-state index contributed by atoms with van der Waals surface area (Å²) in [6.07, 6.45) is -2.06. The van der Waals surface area contributed by atoms with E-state index in [0.717, 1.165) is 0 Å². The van der Waals surface area contributed by atoms with E-state index >= 15 is 0 Å². The lowest BCUT2D eigenvalue weighted by Gasteiger charge is -2.37. The monoisotopic (exact) mass is 534 g/mol. The zero-order valence-electron chi connectivity index (χ0n) is 20.2. The first kappa shape index (κ1) is 26.8. The average molecular weight is 535 g/mol. The van der Waals surface area contributed by atoms with Crippen LogP contribution < -0.4 is 10.4 Å². The van der Waals surface area contributed by atoms with Crippen molar-refractivity contribution >= 4 is 17.4 Å². The standard InChI is InChI=1S/C26H26ClF3N4O3/c1-2-37-21-11-8-17(15-31-21)22-32-23(34-24(36)33-22)18-14-16(6-9-19(18)27)7-10-20(35)25(26(28,29)30)12-4-3-5-13-25/h6,8-9,11,14-15H,2-5,7,10,12-13H2,1H3,(H,32,33,34,36). The Morgan fingerprint density at radius 3 is 2.54 bits per heavy atom. The van der Waals surface area contributed by atoms with E-state index in [9.17, 15) is 22.8 Å². The van der Waals surface area contributed by atoms with Crippen molar-refractivity contribution in [1.29, 1.82) is 0 Å². The fourth-order valence-corrected chi connectivity index (χ4v) is 4.88. The second-order valence-electron chi connectivity index (χ2n) is 9.02. The van der Waals surface area contributed by atoms with E-state index < -0.39 is 23.1 Å². The van der Waals surface area contributed by atoms with Gasteiger partial charge in [-0.1, -0.05) is 36.9 Å². The molecule has 0 amide bonds. The molecule has 0 spiro atoms. The van der Waals surface area contributed by atoms with E-state index in [1.165, 1.54) is 6.20 Å². The molecule has 37 heavy (non-hydrogen) atoms. The molecule has 196 valence electrons. The molecule has 1 fully saturated rings.